The molecule has 0 radical (unpaired) electrons. The van der Waals surface area contributed by atoms with E-state index in [-0.39, 0.29) is 15.5 Å². The second kappa shape index (κ2) is 4.53. The van der Waals surface area contributed by atoms with Gasteiger partial charge in [-0.2, -0.15) is 0 Å². The third kappa shape index (κ3) is 2.36. The number of hydrogen-bond donors (Lipinski definition) is 1. The zero-order valence-electron chi connectivity index (χ0n) is 10.3. The van der Waals surface area contributed by atoms with Crippen LogP contribution in [0.25, 0.3) is 0 Å². The Morgan fingerprint density at radius 1 is 1.50 bits per heavy atom. The lowest BCUT2D eigenvalue weighted by molar-refractivity contribution is 0.0695. The highest BCUT2D eigenvalue weighted by atomic mass is 79.9. The number of carboxylic acid groups (broad SMARTS) is 1. The summed E-state index contributed by atoms with van der Waals surface area (Å²) in [6, 6.07) is 2.99. The Morgan fingerprint density at radius 3 is 2.67 bits per heavy atom. The van der Waals surface area contributed by atoms with Crippen LogP contribution in [0.1, 0.15) is 30.6 Å². The van der Waals surface area contributed by atoms with Crippen LogP contribution in [0.4, 0.5) is 10.1 Å². The molecule has 1 fully saturated rings. The van der Waals surface area contributed by atoms with E-state index in [1.165, 1.54) is 6.07 Å². The van der Waals surface area contributed by atoms with E-state index in [1.54, 1.807) is 6.07 Å². The predicted molar refractivity (Wildman–Crippen MR) is 71.7 cm³/mol. The number of anilines is 1. The smallest absolute Gasteiger partial charge is 0.336 e. The first-order valence-corrected chi connectivity index (χ1v) is 6.57. The molecule has 0 aliphatic carbocycles. The molecule has 1 saturated heterocycles. The second-order valence-corrected chi connectivity index (χ2v) is 6.19. The lowest BCUT2D eigenvalue weighted by Crippen LogP contribution is -2.24. The molecule has 1 aliphatic rings. The topological polar surface area (TPSA) is 40.5 Å². The van der Waals surface area contributed by atoms with Crippen LogP contribution in [-0.2, 0) is 0 Å². The van der Waals surface area contributed by atoms with Crippen LogP contribution in [0.2, 0.25) is 0 Å². The Balaban J connectivity index is 2.37. The quantitative estimate of drug-likeness (QED) is 0.907. The molecule has 0 bridgehead atoms. The number of benzene rings is 1. The molecule has 1 aromatic carbocycles. The molecule has 0 unspecified atom stereocenters. The molecule has 1 aliphatic heterocycles. The predicted octanol–water partition coefficient (Wildman–Crippen LogP) is 3.52. The van der Waals surface area contributed by atoms with Crippen LogP contribution < -0.4 is 4.90 Å². The first-order chi connectivity index (χ1) is 8.32. The van der Waals surface area contributed by atoms with Gasteiger partial charge in [0.25, 0.3) is 0 Å². The maximum absolute atomic E-state index is 14.2. The van der Waals surface area contributed by atoms with Crippen molar-refractivity contribution in [3.63, 3.8) is 0 Å². The van der Waals surface area contributed by atoms with Crippen molar-refractivity contribution in [2.75, 3.05) is 18.0 Å². The average molecular weight is 316 g/mol. The van der Waals surface area contributed by atoms with Crippen LogP contribution in [-0.4, -0.2) is 24.2 Å². The van der Waals surface area contributed by atoms with Crippen molar-refractivity contribution in [1.29, 1.82) is 0 Å². The summed E-state index contributed by atoms with van der Waals surface area (Å²) in [6.45, 7) is 5.86. The zero-order valence-corrected chi connectivity index (χ0v) is 11.9. The van der Waals surface area contributed by atoms with Gasteiger partial charge in [-0.15, -0.1) is 0 Å². The Morgan fingerprint density at radius 2 is 2.17 bits per heavy atom. The highest BCUT2D eigenvalue weighted by molar-refractivity contribution is 9.10. The number of nitrogens with zero attached hydrogens (tertiary/aromatic N) is 1. The van der Waals surface area contributed by atoms with Gasteiger partial charge in [-0.05, 0) is 39.9 Å². The molecule has 0 atom stereocenters. The molecule has 1 N–H and O–H groups in total. The minimum Gasteiger partial charge on any atom is -0.478 e. The molecular weight excluding hydrogens is 301 g/mol. The van der Waals surface area contributed by atoms with E-state index in [2.05, 4.69) is 29.8 Å². The number of hydrogen-bond acceptors (Lipinski definition) is 2. The summed E-state index contributed by atoms with van der Waals surface area (Å²) in [5.74, 6) is -1.62. The normalized spacial score (nSPS) is 18.1. The number of rotatable bonds is 2. The first-order valence-electron chi connectivity index (χ1n) is 5.78. The third-order valence-electron chi connectivity index (χ3n) is 3.31. The van der Waals surface area contributed by atoms with E-state index in [0.29, 0.717) is 5.69 Å². The SMILES string of the molecule is CC1(C)CCN(c2ccc(C(=O)O)c(Br)c2F)C1. The van der Waals surface area contributed by atoms with Crippen molar-refractivity contribution in [2.24, 2.45) is 5.41 Å². The standard InChI is InChI=1S/C13H15BrFNO2/c1-13(2)5-6-16(7-13)9-4-3-8(12(17)18)10(14)11(9)15/h3-4H,5-7H2,1-2H3,(H,17,18). The first kappa shape index (κ1) is 13.3. The van der Waals surface area contributed by atoms with Gasteiger partial charge in [-0.1, -0.05) is 13.8 Å². The number of carbonyl (C=O) groups is 1. The Hall–Kier alpha value is -1.10. The van der Waals surface area contributed by atoms with E-state index in [0.717, 1.165) is 19.5 Å². The highest BCUT2D eigenvalue weighted by Crippen LogP contribution is 2.36. The summed E-state index contributed by atoms with van der Waals surface area (Å²) in [4.78, 5) is 12.9. The summed E-state index contributed by atoms with van der Waals surface area (Å²) >= 11 is 3.02. The molecule has 2 rings (SSSR count). The lowest BCUT2D eigenvalue weighted by atomic mass is 9.93. The van der Waals surface area contributed by atoms with Crippen molar-refractivity contribution in [1.82, 2.24) is 0 Å². The third-order valence-corrected chi connectivity index (χ3v) is 4.09. The molecule has 1 heterocycles. The summed E-state index contributed by atoms with van der Waals surface area (Å²) in [5.41, 5.74) is 0.594. The Labute approximate surface area is 114 Å². The maximum atomic E-state index is 14.2. The van der Waals surface area contributed by atoms with Gasteiger partial charge in [0.2, 0.25) is 0 Å². The van der Waals surface area contributed by atoms with Crippen LogP contribution in [0, 0.1) is 11.2 Å². The Kier molecular flexibility index (Phi) is 3.36. The van der Waals surface area contributed by atoms with Crippen LogP contribution in [0.15, 0.2) is 16.6 Å². The van der Waals surface area contributed by atoms with Gasteiger partial charge in [-0.3, -0.25) is 0 Å². The largest absolute Gasteiger partial charge is 0.478 e. The molecule has 5 heteroatoms. The number of halogens is 2. The van der Waals surface area contributed by atoms with Crippen LogP contribution in [0.3, 0.4) is 0 Å². The molecule has 1 aromatic rings. The van der Waals surface area contributed by atoms with E-state index in [1.807, 2.05) is 4.90 Å². The van der Waals surface area contributed by atoms with E-state index >= 15 is 0 Å². The highest BCUT2D eigenvalue weighted by Gasteiger charge is 2.31. The van der Waals surface area contributed by atoms with Gasteiger partial charge in [0.15, 0.2) is 5.82 Å². The molecule has 0 aromatic heterocycles. The Bertz CT molecular complexity index is 502. The van der Waals surface area contributed by atoms with Gasteiger partial charge < -0.3 is 10.0 Å². The summed E-state index contributed by atoms with van der Waals surface area (Å²) < 4.78 is 14.2. The van der Waals surface area contributed by atoms with E-state index in [9.17, 15) is 9.18 Å². The molecule has 18 heavy (non-hydrogen) atoms. The molecule has 0 spiro atoms. The molecule has 0 saturated carbocycles. The van der Waals surface area contributed by atoms with Crippen molar-refractivity contribution in [3.05, 3.63) is 28.0 Å². The fourth-order valence-corrected chi connectivity index (χ4v) is 2.77. The molecule has 98 valence electrons. The minimum absolute atomic E-state index is 0.0252. The number of aromatic carboxylic acids is 1. The maximum Gasteiger partial charge on any atom is 0.336 e. The average Bonchev–Trinajstić information content (AvgIpc) is 2.62. The van der Waals surface area contributed by atoms with Gasteiger partial charge in [-0.25, -0.2) is 9.18 Å². The lowest BCUT2D eigenvalue weighted by Gasteiger charge is -2.22. The minimum atomic E-state index is -1.13. The summed E-state index contributed by atoms with van der Waals surface area (Å²) in [6.07, 6.45) is 1.00. The monoisotopic (exact) mass is 315 g/mol. The van der Waals surface area contributed by atoms with Crippen LogP contribution in [0.5, 0.6) is 0 Å². The molecule has 0 amide bonds. The number of carboxylic acids is 1. The van der Waals surface area contributed by atoms with Gasteiger partial charge >= 0.3 is 5.97 Å². The van der Waals surface area contributed by atoms with Crippen LogP contribution >= 0.6 is 15.9 Å². The summed E-state index contributed by atoms with van der Waals surface area (Å²) in [7, 11) is 0. The van der Waals surface area contributed by atoms with Crippen molar-refractivity contribution in [3.8, 4) is 0 Å². The van der Waals surface area contributed by atoms with Gasteiger partial charge in [0.1, 0.15) is 0 Å². The second-order valence-electron chi connectivity index (χ2n) is 5.40. The fraction of sp³-hybridized carbons (Fsp3) is 0.462. The van der Waals surface area contributed by atoms with E-state index in [4.69, 9.17) is 5.11 Å². The fourth-order valence-electron chi connectivity index (χ4n) is 2.27. The van der Waals surface area contributed by atoms with Gasteiger partial charge in [0, 0.05) is 13.1 Å². The summed E-state index contributed by atoms with van der Waals surface area (Å²) in [5, 5.41) is 8.92. The van der Waals surface area contributed by atoms with Crippen molar-refractivity contribution < 1.29 is 14.3 Å². The molecular formula is C13H15BrFNO2. The zero-order chi connectivity index (χ0) is 13.5. The van der Waals surface area contributed by atoms with E-state index < -0.39 is 11.8 Å². The van der Waals surface area contributed by atoms with Gasteiger partial charge in [0.05, 0.1) is 15.7 Å². The van der Waals surface area contributed by atoms with Crippen molar-refractivity contribution in [2.45, 2.75) is 20.3 Å². The van der Waals surface area contributed by atoms with Crippen molar-refractivity contribution >= 4 is 27.6 Å². The molecule has 3 nitrogen and oxygen atoms in total.